The molecule has 0 aromatic heterocycles. The van der Waals surface area contributed by atoms with Gasteiger partial charge in [0, 0.05) is 19.6 Å². The number of rotatable bonds is 5. The van der Waals surface area contributed by atoms with Gasteiger partial charge in [0.1, 0.15) is 0 Å². The van der Waals surface area contributed by atoms with Crippen molar-refractivity contribution >= 4 is 5.91 Å². The molecule has 1 aliphatic carbocycles. The molecule has 1 aromatic rings. The third kappa shape index (κ3) is 3.81. The molecule has 2 unspecified atom stereocenters. The van der Waals surface area contributed by atoms with Crippen molar-refractivity contribution in [2.45, 2.75) is 37.9 Å². The molecule has 110 valence electrons. The smallest absolute Gasteiger partial charge is 0.253 e. The van der Waals surface area contributed by atoms with Gasteiger partial charge in [0.05, 0.1) is 6.10 Å². The molecule has 1 amide bonds. The summed E-state index contributed by atoms with van der Waals surface area (Å²) in [6.07, 6.45) is 3.15. The molecule has 1 aromatic carbocycles. The number of carbonyl (C=O) groups excluding carboxylic acids is 1. The van der Waals surface area contributed by atoms with E-state index in [9.17, 15) is 9.90 Å². The Morgan fingerprint density at radius 2 is 2.05 bits per heavy atom. The summed E-state index contributed by atoms with van der Waals surface area (Å²) in [6, 6.07) is 9.44. The lowest BCUT2D eigenvalue weighted by molar-refractivity contribution is -0.131. The summed E-state index contributed by atoms with van der Waals surface area (Å²) < 4.78 is 5.29. The molecule has 2 rings (SSSR count). The SMILES string of the molecule is CO[C@@H](C(=O)NCC1CCCCC1O)c1ccccc1. The average Bonchev–Trinajstić information content (AvgIpc) is 2.48. The van der Waals surface area contributed by atoms with Gasteiger partial charge in [0.2, 0.25) is 0 Å². The van der Waals surface area contributed by atoms with Crippen LogP contribution in [-0.4, -0.2) is 30.8 Å². The van der Waals surface area contributed by atoms with Gasteiger partial charge in [-0.05, 0) is 18.4 Å². The standard InChI is InChI=1S/C16H23NO3/c1-20-15(12-7-3-2-4-8-12)16(19)17-11-13-9-5-6-10-14(13)18/h2-4,7-8,13-15,18H,5-6,9-11H2,1H3,(H,17,19)/t13?,14?,15-/m1/s1. The first kappa shape index (κ1) is 15.0. The Hall–Kier alpha value is -1.39. The highest BCUT2D eigenvalue weighted by atomic mass is 16.5. The zero-order valence-corrected chi connectivity index (χ0v) is 11.9. The van der Waals surface area contributed by atoms with Crippen LogP contribution in [0.1, 0.15) is 37.4 Å². The number of carbonyl (C=O) groups is 1. The van der Waals surface area contributed by atoms with E-state index in [0.29, 0.717) is 6.54 Å². The number of hydrogen-bond acceptors (Lipinski definition) is 3. The highest BCUT2D eigenvalue weighted by Crippen LogP contribution is 2.24. The average molecular weight is 277 g/mol. The molecule has 20 heavy (non-hydrogen) atoms. The maximum atomic E-state index is 12.2. The van der Waals surface area contributed by atoms with E-state index in [-0.39, 0.29) is 17.9 Å². The number of nitrogens with one attached hydrogen (secondary N) is 1. The minimum Gasteiger partial charge on any atom is -0.393 e. The normalized spacial score (nSPS) is 24.1. The van der Waals surface area contributed by atoms with E-state index in [0.717, 1.165) is 31.2 Å². The number of amides is 1. The maximum Gasteiger partial charge on any atom is 0.253 e. The van der Waals surface area contributed by atoms with Crippen molar-refractivity contribution in [3.05, 3.63) is 35.9 Å². The van der Waals surface area contributed by atoms with Crippen LogP contribution >= 0.6 is 0 Å². The van der Waals surface area contributed by atoms with E-state index in [1.165, 1.54) is 7.11 Å². The van der Waals surface area contributed by atoms with Gasteiger partial charge in [0.25, 0.3) is 5.91 Å². The fourth-order valence-corrected chi connectivity index (χ4v) is 2.77. The molecule has 0 saturated heterocycles. The van der Waals surface area contributed by atoms with Gasteiger partial charge in [0.15, 0.2) is 6.10 Å². The molecule has 0 spiro atoms. The fraction of sp³-hybridized carbons (Fsp3) is 0.562. The van der Waals surface area contributed by atoms with Crippen LogP contribution in [0.15, 0.2) is 30.3 Å². The zero-order chi connectivity index (χ0) is 14.4. The van der Waals surface area contributed by atoms with Crippen LogP contribution in [0.3, 0.4) is 0 Å². The Bertz CT molecular complexity index is 421. The van der Waals surface area contributed by atoms with Crippen LogP contribution in [0.2, 0.25) is 0 Å². The molecule has 2 N–H and O–H groups in total. The van der Waals surface area contributed by atoms with E-state index in [2.05, 4.69) is 5.32 Å². The lowest BCUT2D eigenvalue weighted by Crippen LogP contribution is -2.39. The maximum absolute atomic E-state index is 12.2. The van der Waals surface area contributed by atoms with Gasteiger partial charge in [-0.25, -0.2) is 0 Å². The molecule has 4 heteroatoms. The zero-order valence-electron chi connectivity index (χ0n) is 11.9. The number of ether oxygens (including phenoxy) is 1. The highest BCUT2D eigenvalue weighted by Gasteiger charge is 2.25. The summed E-state index contributed by atoms with van der Waals surface area (Å²) in [5, 5.41) is 12.8. The summed E-state index contributed by atoms with van der Waals surface area (Å²) in [6.45, 7) is 0.521. The lowest BCUT2D eigenvalue weighted by atomic mass is 9.86. The van der Waals surface area contributed by atoms with Crippen molar-refractivity contribution in [3.8, 4) is 0 Å². The molecule has 3 atom stereocenters. The van der Waals surface area contributed by atoms with Crippen molar-refractivity contribution in [1.82, 2.24) is 5.32 Å². The number of benzene rings is 1. The van der Waals surface area contributed by atoms with E-state index in [1.54, 1.807) is 0 Å². The molecular formula is C16H23NO3. The predicted octanol–water partition coefficient (Wildman–Crippen LogP) is 2.04. The Balaban J connectivity index is 1.89. The minimum absolute atomic E-state index is 0.142. The predicted molar refractivity (Wildman–Crippen MR) is 77.2 cm³/mol. The van der Waals surface area contributed by atoms with Crippen molar-refractivity contribution in [2.24, 2.45) is 5.92 Å². The van der Waals surface area contributed by atoms with Crippen LogP contribution in [0.25, 0.3) is 0 Å². The van der Waals surface area contributed by atoms with Crippen LogP contribution in [0, 0.1) is 5.92 Å². The second kappa shape index (κ2) is 7.41. The second-order valence-electron chi connectivity index (χ2n) is 5.38. The molecule has 0 bridgehead atoms. The summed E-state index contributed by atoms with van der Waals surface area (Å²) in [7, 11) is 1.53. The first-order valence-corrected chi connectivity index (χ1v) is 7.26. The van der Waals surface area contributed by atoms with Crippen molar-refractivity contribution in [3.63, 3.8) is 0 Å². The van der Waals surface area contributed by atoms with Crippen molar-refractivity contribution < 1.29 is 14.6 Å². The number of methoxy groups -OCH3 is 1. The largest absolute Gasteiger partial charge is 0.393 e. The monoisotopic (exact) mass is 277 g/mol. The third-order valence-corrected chi connectivity index (χ3v) is 3.98. The van der Waals surface area contributed by atoms with E-state index < -0.39 is 6.10 Å². The van der Waals surface area contributed by atoms with Gasteiger partial charge in [-0.3, -0.25) is 4.79 Å². The van der Waals surface area contributed by atoms with E-state index >= 15 is 0 Å². The van der Waals surface area contributed by atoms with Crippen LogP contribution in [0.4, 0.5) is 0 Å². The van der Waals surface area contributed by atoms with Crippen molar-refractivity contribution in [2.75, 3.05) is 13.7 Å². The summed E-state index contributed by atoms with van der Waals surface area (Å²) in [4.78, 5) is 12.2. The Labute approximate surface area is 120 Å². The Kier molecular flexibility index (Phi) is 5.56. The summed E-state index contributed by atoms with van der Waals surface area (Å²) in [5.74, 6) is 0.0254. The Morgan fingerprint density at radius 3 is 2.70 bits per heavy atom. The van der Waals surface area contributed by atoms with E-state index in [1.807, 2.05) is 30.3 Å². The van der Waals surface area contributed by atoms with Crippen LogP contribution in [0.5, 0.6) is 0 Å². The quantitative estimate of drug-likeness (QED) is 0.866. The fourth-order valence-electron chi connectivity index (χ4n) is 2.77. The Morgan fingerprint density at radius 1 is 1.35 bits per heavy atom. The van der Waals surface area contributed by atoms with Crippen LogP contribution in [-0.2, 0) is 9.53 Å². The molecule has 1 aliphatic rings. The van der Waals surface area contributed by atoms with Gasteiger partial charge in [-0.1, -0.05) is 43.2 Å². The number of aliphatic hydroxyl groups is 1. The second-order valence-corrected chi connectivity index (χ2v) is 5.38. The molecule has 1 fully saturated rings. The molecule has 1 saturated carbocycles. The molecule has 0 heterocycles. The first-order chi connectivity index (χ1) is 9.72. The molecule has 4 nitrogen and oxygen atoms in total. The van der Waals surface area contributed by atoms with Crippen molar-refractivity contribution in [1.29, 1.82) is 0 Å². The minimum atomic E-state index is -0.586. The topological polar surface area (TPSA) is 58.6 Å². The highest BCUT2D eigenvalue weighted by molar-refractivity contribution is 5.82. The number of hydrogen-bond donors (Lipinski definition) is 2. The van der Waals surface area contributed by atoms with E-state index in [4.69, 9.17) is 4.74 Å². The first-order valence-electron chi connectivity index (χ1n) is 7.26. The summed E-state index contributed by atoms with van der Waals surface area (Å²) in [5.41, 5.74) is 0.844. The van der Waals surface area contributed by atoms with Gasteiger partial charge in [-0.15, -0.1) is 0 Å². The molecule has 0 radical (unpaired) electrons. The molecule has 0 aliphatic heterocycles. The van der Waals surface area contributed by atoms with Crippen LogP contribution < -0.4 is 5.32 Å². The van der Waals surface area contributed by atoms with Gasteiger partial charge < -0.3 is 15.2 Å². The molecular weight excluding hydrogens is 254 g/mol. The van der Waals surface area contributed by atoms with Gasteiger partial charge in [-0.2, -0.15) is 0 Å². The lowest BCUT2D eigenvalue weighted by Gasteiger charge is -2.28. The number of aliphatic hydroxyl groups excluding tert-OH is 1. The third-order valence-electron chi connectivity index (χ3n) is 3.98. The van der Waals surface area contributed by atoms with Gasteiger partial charge >= 0.3 is 0 Å². The summed E-state index contributed by atoms with van der Waals surface area (Å²) >= 11 is 0.